The number of rotatable bonds is 5. The summed E-state index contributed by atoms with van der Waals surface area (Å²) in [4.78, 5) is 23.9. The van der Waals surface area contributed by atoms with Crippen LogP contribution in [0.3, 0.4) is 0 Å². The van der Waals surface area contributed by atoms with Crippen LogP contribution in [-0.4, -0.2) is 18.0 Å². The molecule has 0 aromatic heterocycles. The molecular formula is C20H15F3N2O3. The van der Waals surface area contributed by atoms with Gasteiger partial charge in [0.05, 0.1) is 22.9 Å². The molecule has 0 radical (unpaired) electrons. The van der Waals surface area contributed by atoms with E-state index in [1.54, 1.807) is 24.3 Å². The van der Waals surface area contributed by atoms with Gasteiger partial charge in [-0.3, -0.25) is 4.79 Å². The minimum atomic E-state index is -4.63. The summed E-state index contributed by atoms with van der Waals surface area (Å²) < 4.78 is 43.8. The topological polar surface area (TPSA) is 79.2 Å². The molecule has 0 aliphatic carbocycles. The van der Waals surface area contributed by atoms with Crippen LogP contribution in [0.5, 0.6) is 0 Å². The maximum Gasteiger partial charge on any atom is 0.418 e. The molecule has 0 spiro atoms. The number of amides is 1. The van der Waals surface area contributed by atoms with E-state index >= 15 is 0 Å². The first-order valence-electron chi connectivity index (χ1n) is 8.06. The summed E-state index contributed by atoms with van der Waals surface area (Å²) in [6, 6.07) is 12.8. The molecular weight excluding hydrogens is 373 g/mol. The van der Waals surface area contributed by atoms with Gasteiger partial charge in [-0.1, -0.05) is 24.3 Å². The lowest BCUT2D eigenvalue weighted by Gasteiger charge is -2.16. The first-order valence-corrected chi connectivity index (χ1v) is 8.06. The van der Waals surface area contributed by atoms with Crippen molar-refractivity contribution in [3.63, 3.8) is 0 Å². The lowest BCUT2D eigenvalue weighted by Crippen LogP contribution is -2.30. The van der Waals surface area contributed by atoms with E-state index in [2.05, 4.69) is 5.32 Å². The highest BCUT2D eigenvalue weighted by molar-refractivity contribution is 5.97. The number of esters is 1. The first-order chi connectivity index (χ1) is 13.2. The standard InChI is InChI=1S/C20H15F3N2O3/c1-13(19(27)25-17-5-3-2-4-16(17)20(21,22)23)28-18(26)11-10-14-6-8-15(12-24)9-7-14/h2-11,13H,1H3,(H,25,27)/b11-10+/t13-/m0/s1. The van der Waals surface area contributed by atoms with Crippen LogP contribution in [0.25, 0.3) is 6.08 Å². The Kier molecular flexibility index (Phi) is 6.55. The number of benzene rings is 2. The van der Waals surface area contributed by atoms with Crippen molar-refractivity contribution < 1.29 is 27.5 Å². The second-order valence-corrected chi connectivity index (χ2v) is 5.68. The van der Waals surface area contributed by atoms with Gasteiger partial charge in [-0.2, -0.15) is 18.4 Å². The highest BCUT2D eigenvalue weighted by atomic mass is 19.4. The van der Waals surface area contributed by atoms with Crippen LogP contribution in [0.4, 0.5) is 18.9 Å². The number of para-hydroxylation sites is 1. The van der Waals surface area contributed by atoms with Crippen molar-refractivity contribution in [2.45, 2.75) is 19.2 Å². The fourth-order valence-corrected chi connectivity index (χ4v) is 2.17. The summed E-state index contributed by atoms with van der Waals surface area (Å²) in [6.45, 7) is 1.25. The number of anilines is 1. The van der Waals surface area contributed by atoms with E-state index in [0.717, 1.165) is 18.2 Å². The van der Waals surface area contributed by atoms with E-state index in [-0.39, 0.29) is 0 Å². The number of nitrogens with one attached hydrogen (secondary N) is 1. The van der Waals surface area contributed by atoms with Crippen LogP contribution in [0.15, 0.2) is 54.6 Å². The molecule has 0 aliphatic rings. The van der Waals surface area contributed by atoms with Crippen LogP contribution in [-0.2, 0) is 20.5 Å². The van der Waals surface area contributed by atoms with Crippen molar-refractivity contribution in [3.05, 3.63) is 71.3 Å². The van der Waals surface area contributed by atoms with Gasteiger partial charge in [0.1, 0.15) is 0 Å². The number of ether oxygens (including phenoxy) is 1. The molecule has 0 saturated heterocycles. The van der Waals surface area contributed by atoms with Crippen LogP contribution in [0, 0.1) is 11.3 Å². The normalized spacial score (nSPS) is 12.2. The number of halogens is 3. The highest BCUT2D eigenvalue weighted by Crippen LogP contribution is 2.34. The lowest BCUT2D eigenvalue weighted by molar-refractivity contribution is -0.148. The van der Waals surface area contributed by atoms with Crippen LogP contribution in [0.1, 0.15) is 23.6 Å². The van der Waals surface area contributed by atoms with Gasteiger partial charge in [-0.05, 0) is 42.8 Å². The van der Waals surface area contributed by atoms with Gasteiger partial charge in [-0.15, -0.1) is 0 Å². The van der Waals surface area contributed by atoms with Gasteiger partial charge in [0.2, 0.25) is 0 Å². The van der Waals surface area contributed by atoms with Crippen LogP contribution >= 0.6 is 0 Å². The Bertz CT molecular complexity index is 929. The number of hydrogen-bond acceptors (Lipinski definition) is 4. The summed E-state index contributed by atoms with van der Waals surface area (Å²) >= 11 is 0. The molecule has 144 valence electrons. The Morgan fingerprint density at radius 3 is 2.39 bits per heavy atom. The zero-order valence-electron chi connectivity index (χ0n) is 14.7. The van der Waals surface area contributed by atoms with Gasteiger partial charge in [0.15, 0.2) is 6.10 Å². The highest BCUT2D eigenvalue weighted by Gasteiger charge is 2.34. The molecule has 28 heavy (non-hydrogen) atoms. The van der Waals surface area contributed by atoms with Crippen molar-refractivity contribution in [1.29, 1.82) is 5.26 Å². The third-order valence-electron chi connectivity index (χ3n) is 3.60. The van der Waals surface area contributed by atoms with E-state index in [1.165, 1.54) is 25.1 Å². The minimum Gasteiger partial charge on any atom is -0.449 e. The maximum atomic E-state index is 13.0. The summed E-state index contributed by atoms with van der Waals surface area (Å²) in [5.74, 6) is -1.73. The molecule has 2 rings (SSSR count). The van der Waals surface area contributed by atoms with Crippen molar-refractivity contribution in [2.24, 2.45) is 0 Å². The van der Waals surface area contributed by atoms with E-state index in [4.69, 9.17) is 10.00 Å². The predicted molar refractivity (Wildman–Crippen MR) is 95.8 cm³/mol. The van der Waals surface area contributed by atoms with Crippen molar-refractivity contribution >= 4 is 23.6 Å². The van der Waals surface area contributed by atoms with E-state index in [0.29, 0.717) is 11.1 Å². The smallest absolute Gasteiger partial charge is 0.418 e. The van der Waals surface area contributed by atoms with E-state index in [9.17, 15) is 22.8 Å². The van der Waals surface area contributed by atoms with Crippen molar-refractivity contribution in [1.82, 2.24) is 0 Å². The molecule has 1 atom stereocenters. The monoisotopic (exact) mass is 388 g/mol. The third kappa shape index (κ3) is 5.71. The van der Waals surface area contributed by atoms with Gasteiger partial charge >= 0.3 is 12.1 Å². The average molecular weight is 388 g/mol. The second kappa shape index (κ2) is 8.86. The van der Waals surface area contributed by atoms with Crippen LogP contribution in [0.2, 0.25) is 0 Å². The molecule has 0 heterocycles. The Morgan fingerprint density at radius 1 is 1.14 bits per heavy atom. The Balaban J connectivity index is 1.98. The molecule has 0 aliphatic heterocycles. The summed E-state index contributed by atoms with van der Waals surface area (Å²) in [7, 11) is 0. The molecule has 0 fully saturated rings. The summed E-state index contributed by atoms with van der Waals surface area (Å²) in [5, 5.41) is 10.8. The fourth-order valence-electron chi connectivity index (χ4n) is 2.17. The SMILES string of the molecule is C[C@H](OC(=O)/C=C/c1ccc(C#N)cc1)C(=O)Nc1ccccc1C(F)(F)F. The van der Waals surface area contributed by atoms with Crippen LogP contribution < -0.4 is 5.32 Å². The molecule has 8 heteroatoms. The molecule has 1 amide bonds. The van der Waals surface area contributed by atoms with Crippen molar-refractivity contribution in [2.75, 3.05) is 5.32 Å². The zero-order valence-corrected chi connectivity index (χ0v) is 14.7. The molecule has 0 bridgehead atoms. The number of alkyl halides is 3. The number of nitrogens with zero attached hydrogens (tertiary/aromatic N) is 1. The van der Waals surface area contributed by atoms with E-state index < -0.39 is 35.4 Å². The lowest BCUT2D eigenvalue weighted by atomic mass is 10.1. The maximum absolute atomic E-state index is 13.0. The number of carbonyl (C=O) groups is 2. The first kappa shape index (κ1) is 20.7. The fraction of sp³-hybridized carbons (Fsp3) is 0.150. The molecule has 1 N–H and O–H groups in total. The number of carbonyl (C=O) groups excluding carboxylic acids is 2. The Morgan fingerprint density at radius 2 is 1.79 bits per heavy atom. The van der Waals surface area contributed by atoms with Crippen molar-refractivity contribution in [3.8, 4) is 6.07 Å². The predicted octanol–water partition coefficient (Wildman–Crippen LogP) is 4.16. The summed E-state index contributed by atoms with van der Waals surface area (Å²) in [6.07, 6.45) is -3.44. The molecule has 2 aromatic rings. The van der Waals surface area contributed by atoms with E-state index in [1.807, 2.05) is 6.07 Å². The van der Waals surface area contributed by atoms with Gasteiger partial charge in [0, 0.05) is 6.08 Å². The van der Waals surface area contributed by atoms with Gasteiger partial charge in [0.25, 0.3) is 5.91 Å². The minimum absolute atomic E-state index is 0.420. The largest absolute Gasteiger partial charge is 0.449 e. The Labute approximate surface area is 159 Å². The second-order valence-electron chi connectivity index (χ2n) is 5.68. The molecule has 5 nitrogen and oxygen atoms in total. The number of nitriles is 1. The molecule has 0 saturated carbocycles. The summed E-state index contributed by atoms with van der Waals surface area (Å²) in [5.41, 5.74) is -0.324. The number of hydrogen-bond donors (Lipinski definition) is 1. The molecule has 0 unspecified atom stereocenters. The third-order valence-corrected chi connectivity index (χ3v) is 3.60. The average Bonchev–Trinajstić information content (AvgIpc) is 2.66. The zero-order chi connectivity index (χ0) is 20.7. The quantitative estimate of drug-likeness (QED) is 0.616. The van der Waals surface area contributed by atoms with Gasteiger partial charge in [-0.25, -0.2) is 4.79 Å². The Hall–Kier alpha value is -3.60. The molecule has 2 aromatic carbocycles. The van der Waals surface area contributed by atoms with Gasteiger partial charge < -0.3 is 10.1 Å².